The molecule has 2 aromatic rings. The van der Waals surface area contributed by atoms with Crippen LogP contribution in [0.25, 0.3) is 10.6 Å². The van der Waals surface area contributed by atoms with Gasteiger partial charge in [0, 0.05) is 49.6 Å². The highest BCUT2D eigenvalue weighted by Crippen LogP contribution is 2.24. The lowest BCUT2D eigenvalue weighted by atomic mass is 10.1. The predicted molar refractivity (Wildman–Crippen MR) is 94.2 cm³/mol. The highest BCUT2D eigenvalue weighted by molar-refractivity contribution is 7.13. The van der Waals surface area contributed by atoms with Crippen LogP contribution in [-0.4, -0.2) is 46.9 Å². The van der Waals surface area contributed by atoms with Crippen molar-refractivity contribution in [1.82, 2.24) is 14.8 Å². The average Bonchev–Trinajstić information content (AvgIpc) is 3.04. The number of rotatable bonds is 4. The standard InChI is InChI=1S/C18H22FN3OS/c1-13(2)18(23)22-9-7-21(8-10-22)11-16-12-24-17(20-16)14-3-5-15(19)6-4-14/h3-6,12-13H,7-11H2,1-2H3. The van der Waals surface area contributed by atoms with Crippen molar-refractivity contribution in [2.45, 2.75) is 20.4 Å². The van der Waals surface area contributed by atoms with Gasteiger partial charge in [-0.25, -0.2) is 9.37 Å². The summed E-state index contributed by atoms with van der Waals surface area (Å²) in [5, 5.41) is 2.98. The fourth-order valence-electron chi connectivity index (χ4n) is 2.83. The highest BCUT2D eigenvalue weighted by Gasteiger charge is 2.23. The Morgan fingerprint density at radius 1 is 1.21 bits per heavy atom. The van der Waals surface area contributed by atoms with E-state index < -0.39 is 0 Å². The number of carbonyl (C=O) groups is 1. The van der Waals surface area contributed by atoms with Crippen molar-refractivity contribution in [3.63, 3.8) is 0 Å². The van der Waals surface area contributed by atoms with E-state index in [4.69, 9.17) is 0 Å². The van der Waals surface area contributed by atoms with Gasteiger partial charge in [-0.1, -0.05) is 13.8 Å². The van der Waals surface area contributed by atoms with E-state index in [9.17, 15) is 9.18 Å². The number of benzene rings is 1. The molecule has 1 fully saturated rings. The Morgan fingerprint density at radius 3 is 2.50 bits per heavy atom. The molecule has 4 nitrogen and oxygen atoms in total. The first-order chi connectivity index (χ1) is 11.5. The van der Waals surface area contributed by atoms with Crippen LogP contribution in [0.15, 0.2) is 29.6 Å². The van der Waals surface area contributed by atoms with Crippen LogP contribution in [0.2, 0.25) is 0 Å². The molecule has 0 atom stereocenters. The van der Waals surface area contributed by atoms with E-state index in [2.05, 4.69) is 15.3 Å². The number of piperazine rings is 1. The molecule has 1 saturated heterocycles. The summed E-state index contributed by atoms with van der Waals surface area (Å²) in [5.41, 5.74) is 1.97. The number of nitrogens with zero attached hydrogens (tertiary/aromatic N) is 3. The second kappa shape index (κ2) is 7.40. The molecule has 0 saturated carbocycles. The smallest absolute Gasteiger partial charge is 0.225 e. The molecule has 6 heteroatoms. The first-order valence-electron chi connectivity index (χ1n) is 8.24. The number of thiazole rings is 1. The molecule has 1 aliphatic heterocycles. The van der Waals surface area contributed by atoms with Crippen LogP contribution in [0.5, 0.6) is 0 Å². The summed E-state index contributed by atoms with van der Waals surface area (Å²) in [6.45, 7) is 8.00. The third-order valence-corrected chi connectivity index (χ3v) is 5.15. The van der Waals surface area contributed by atoms with E-state index in [1.54, 1.807) is 23.5 Å². The summed E-state index contributed by atoms with van der Waals surface area (Å²) in [6.07, 6.45) is 0. The SMILES string of the molecule is CC(C)C(=O)N1CCN(Cc2csc(-c3ccc(F)cc3)n2)CC1. The molecule has 2 heterocycles. The monoisotopic (exact) mass is 347 g/mol. The van der Waals surface area contributed by atoms with Crippen molar-refractivity contribution in [3.05, 3.63) is 41.2 Å². The van der Waals surface area contributed by atoms with Crippen LogP contribution in [-0.2, 0) is 11.3 Å². The summed E-state index contributed by atoms with van der Waals surface area (Å²) in [7, 11) is 0. The van der Waals surface area contributed by atoms with Crippen LogP contribution in [0.1, 0.15) is 19.5 Å². The molecule has 1 aliphatic rings. The minimum absolute atomic E-state index is 0.0633. The van der Waals surface area contributed by atoms with Crippen molar-refractivity contribution >= 4 is 17.2 Å². The first-order valence-corrected chi connectivity index (χ1v) is 9.12. The second-order valence-electron chi connectivity index (χ2n) is 6.41. The molecule has 0 N–H and O–H groups in total. The molecule has 0 aliphatic carbocycles. The van der Waals surface area contributed by atoms with E-state index in [1.165, 1.54) is 12.1 Å². The average molecular weight is 347 g/mol. The van der Waals surface area contributed by atoms with Crippen LogP contribution in [0.3, 0.4) is 0 Å². The Morgan fingerprint density at radius 2 is 1.88 bits per heavy atom. The molecule has 0 radical (unpaired) electrons. The largest absolute Gasteiger partial charge is 0.340 e. The maximum atomic E-state index is 13.0. The maximum Gasteiger partial charge on any atom is 0.225 e. The van der Waals surface area contributed by atoms with Crippen molar-refractivity contribution in [1.29, 1.82) is 0 Å². The first kappa shape index (κ1) is 17.0. The van der Waals surface area contributed by atoms with Crippen molar-refractivity contribution < 1.29 is 9.18 Å². The molecule has 0 spiro atoms. The molecule has 1 amide bonds. The number of hydrogen-bond donors (Lipinski definition) is 0. The van der Waals surface area contributed by atoms with Crippen molar-refractivity contribution in [2.24, 2.45) is 5.92 Å². The van der Waals surface area contributed by atoms with E-state index in [0.717, 1.165) is 49.0 Å². The Balaban J connectivity index is 1.56. The van der Waals surface area contributed by atoms with E-state index >= 15 is 0 Å². The minimum Gasteiger partial charge on any atom is -0.340 e. The number of halogens is 1. The van der Waals surface area contributed by atoms with Gasteiger partial charge in [0.2, 0.25) is 5.91 Å². The van der Waals surface area contributed by atoms with Gasteiger partial charge in [-0.15, -0.1) is 11.3 Å². The Labute approximate surface area is 145 Å². The summed E-state index contributed by atoms with van der Waals surface area (Å²) in [5.74, 6) is 0.0691. The van der Waals surface area contributed by atoms with Gasteiger partial charge in [-0.2, -0.15) is 0 Å². The number of carbonyl (C=O) groups excluding carboxylic acids is 1. The Bertz CT molecular complexity index is 691. The molecule has 1 aromatic heterocycles. The van der Waals surface area contributed by atoms with Gasteiger partial charge in [-0.05, 0) is 24.3 Å². The zero-order valence-electron chi connectivity index (χ0n) is 14.0. The molecule has 3 rings (SSSR count). The van der Waals surface area contributed by atoms with Crippen LogP contribution >= 0.6 is 11.3 Å². The zero-order valence-corrected chi connectivity index (χ0v) is 14.9. The fraction of sp³-hybridized carbons (Fsp3) is 0.444. The summed E-state index contributed by atoms with van der Waals surface area (Å²) in [6, 6.07) is 6.44. The minimum atomic E-state index is -0.232. The normalized spacial score (nSPS) is 15.9. The number of amides is 1. The van der Waals surface area contributed by atoms with Crippen LogP contribution in [0, 0.1) is 11.7 Å². The third-order valence-electron chi connectivity index (χ3n) is 4.21. The lowest BCUT2D eigenvalue weighted by Gasteiger charge is -2.35. The fourth-order valence-corrected chi connectivity index (χ4v) is 3.64. The zero-order chi connectivity index (χ0) is 17.1. The van der Waals surface area contributed by atoms with Crippen molar-refractivity contribution in [3.8, 4) is 10.6 Å². The molecule has 128 valence electrons. The van der Waals surface area contributed by atoms with Crippen molar-refractivity contribution in [2.75, 3.05) is 26.2 Å². The van der Waals surface area contributed by atoms with Gasteiger partial charge in [0.05, 0.1) is 5.69 Å². The molecular formula is C18H22FN3OS. The van der Waals surface area contributed by atoms with Crippen LogP contribution < -0.4 is 0 Å². The Kier molecular flexibility index (Phi) is 5.26. The summed E-state index contributed by atoms with van der Waals surface area (Å²) >= 11 is 1.58. The number of hydrogen-bond acceptors (Lipinski definition) is 4. The third kappa shape index (κ3) is 3.99. The molecule has 24 heavy (non-hydrogen) atoms. The molecule has 0 unspecified atom stereocenters. The lowest BCUT2D eigenvalue weighted by Crippen LogP contribution is -2.49. The highest BCUT2D eigenvalue weighted by atomic mass is 32.1. The molecule has 0 bridgehead atoms. The van der Waals surface area contributed by atoms with E-state index in [-0.39, 0.29) is 17.6 Å². The topological polar surface area (TPSA) is 36.4 Å². The van der Waals surface area contributed by atoms with Gasteiger partial charge in [0.25, 0.3) is 0 Å². The van der Waals surface area contributed by atoms with Gasteiger partial charge < -0.3 is 4.90 Å². The molecule has 1 aromatic carbocycles. The lowest BCUT2D eigenvalue weighted by molar-refractivity contribution is -0.136. The van der Waals surface area contributed by atoms with E-state index in [0.29, 0.717) is 0 Å². The second-order valence-corrected chi connectivity index (χ2v) is 7.27. The van der Waals surface area contributed by atoms with Gasteiger partial charge in [-0.3, -0.25) is 9.69 Å². The predicted octanol–water partition coefficient (Wildman–Crippen LogP) is 3.25. The van der Waals surface area contributed by atoms with Gasteiger partial charge in [0.1, 0.15) is 10.8 Å². The van der Waals surface area contributed by atoms with Crippen LogP contribution in [0.4, 0.5) is 4.39 Å². The van der Waals surface area contributed by atoms with Gasteiger partial charge >= 0.3 is 0 Å². The molecular weight excluding hydrogens is 325 g/mol. The number of aromatic nitrogens is 1. The van der Waals surface area contributed by atoms with E-state index in [1.807, 2.05) is 18.7 Å². The summed E-state index contributed by atoms with van der Waals surface area (Å²) < 4.78 is 13.0. The Hall–Kier alpha value is -1.79. The summed E-state index contributed by atoms with van der Waals surface area (Å²) in [4.78, 5) is 21.0. The van der Waals surface area contributed by atoms with Gasteiger partial charge in [0.15, 0.2) is 0 Å². The quantitative estimate of drug-likeness (QED) is 0.852. The maximum absolute atomic E-state index is 13.0.